The highest BCUT2D eigenvalue weighted by Gasteiger charge is 2.24. The molecule has 7 nitrogen and oxygen atoms in total. The van der Waals surface area contributed by atoms with E-state index < -0.39 is 14.8 Å². The van der Waals surface area contributed by atoms with E-state index in [-0.39, 0.29) is 29.0 Å². The molecule has 0 unspecified atom stereocenters. The van der Waals surface area contributed by atoms with Crippen LogP contribution >= 0.6 is 0 Å². The molecule has 1 fully saturated rings. The van der Waals surface area contributed by atoms with Crippen LogP contribution in [0, 0.1) is 10.1 Å². The van der Waals surface area contributed by atoms with E-state index in [1.54, 1.807) is 6.07 Å². The molecule has 1 N–H and O–H groups in total. The lowest BCUT2D eigenvalue weighted by Crippen LogP contribution is -2.32. The van der Waals surface area contributed by atoms with Crippen LogP contribution in [0.4, 0.5) is 11.4 Å². The van der Waals surface area contributed by atoms with Crippen LogP contribution in [0.3, 0.4) is 0 Å². The maximum absolute atomic E-state index is 11.3. The lowest BCUT2D eigenvalue weighted by Gasteiger charge is -2.24. The summed E-state index contributed by atoms with van der Waals surface area (Å²) in [4.78, 5) is 10.4. The average Bonchev–Trinajstić information content (AvgIpc) is 2.41. The summed E-state index contributed by atoms with van der Waals surface area (Å²) in [6, 6.07) is 4.64. The second-order valence-electron chi connectivity index (χ2n) is 4.71. The molecule has 0 bridgehead atoms. The minimum Gasteiger partial charge on any atom is -0.490 e. The highest BCUT2D eigenvalue weighted by atomic mass is 32.2. The highest BCUT2D eigenvalue weighted by molar-refractivity contribution is 7.91. The number of hydrogen-bond donors (Lipinski definition) is 1. The van der Waals surface area contributed by atoms with Crippen LogP contribution in [0.2, 0.25) is 0 Å². The molecule has 0 saturated carbocycles. The summed E-state index contributed by atoms with van der Waals surface area (Å²) in [7, 11) is -1.53. The Bertz CT molecular complexity index is 600. The van der Waals surface area contributed by atoms with Gasteiger partial charge in [-0.25, -0.2) is 8.42 Å². The second kappa shape index (κ2) is 5.66. The van der Waals surface area contributed by atoms with Gasteiger partial charge in [0.15, 0.2) is 5.75 Å². The molecule has 1 aromatic rings. The summed E-state index contributed by atoms with van der Waals surface area (Å²) in [6.45, 7) is 0. The maximum atomic E-state index is 11.3. The normalized spacial score (nSPS) is 18.4. The van der Waals surface area contributed by atoms with Crippen LogP contribution in [-0.2, 0) is 9.84 Å². The number of hydrogen-bond acceptors (Lipinski definition) is 6. The van der Waals surface area contributed by atoms with Gasteiger partial charge in [-0.3, -0.25) is 10.1 Å². The summed E-state index contributed by atoms with van der Waals surface area (Å²) in [5.74, 6) is 0.512. The molecule has 110 valence electrons. The molecule has 8 heteroatoms. The summed E-state index contributed by atoms with van der Waals surface area (Å²) in [5.41, 5.74) is 0.489. The van der Waals surface area contributed by atoms with E-state index >= 15 is 0 Å². The van der Waals surface area contributed by atoms with Crippen molar-refractivity contribution in [3.63, 3.8) is 0 Å². The Morgan fingerprint density at radius 1 is 1.35 bits per heavy atom. The van der Waals surface area contributed by atoms with Gasteiger partial charge in [-0.15, -0.1) is 0 Å². The number of nitro groups is 1. The number of nitrogens with one attached hydrogen (secondary N) is 1. The first-order valence-corrected chi connectivity index (χ1v) is 8.03. The van der Waals surface area contributed by atoms with Crippen molar-refractivity contribution in [2.75, 3.05) is 23.9 Å². The number of anilines is 1. The molecule has 2 rings (SSSR count). The van der Waals surface area contributed by atoms with E-state index in [2.05, 4.69) is 5.32 Å². The van der Waals surface area contributed by atoms with Crippen LogP contribution in [0.15, 0.2) is 18.2 Å². The molecule has 20 heavy (non-hydrogen) atoms. The van der Waals surface area contributed by atoms with E-state index in [9.17, 15) is 18.5 Å². The number of ether oxygens (including phenoxy) is 1. The molecule has 1 heterocycles. The summed E-state index contributed by atoms with van der Waals surface area (Å²) < 4.78 is 27.6. The first-order chi connectivity index (χ1) is 9.41. The van der Waals surface area contributed by atoms with Gasteiger partial charge in [0, 0.05) is 17.8 Å². The van der Waals surface area contributed by atoms with Crippen molar-refractivity contribution < 1.29 is 18.1 Å². The van der Waals surface area contributed by atoms with Crippen molar-refractivity contribution in [2.45, 2.75) is 18.9 Å². The Hall–Kier alpha value is -1.83. The first-order valence-electron chi connectivity index (χ1n) is 6.21. The Morgan fingerprint density at radius 2 is 2.00 bits per heavy atom. The van der Waals surface area contributed by atoms with E-state index in [1.807, 2.05) is 0 Å². The molecule has 1 aliphatic heterocycles. The van der Waals surface area contributed by atoms with Gasteiger partial charge in [-0.05, 0) is 25.0 Å². The Morgan fingerprint density at radius 3 is 2.55 bits per heavy atom. The molecule has 0 spiro atoms. The van der Waals surface area contributed by atoms with Crippen LogP contribution in [-0.4, -0.2) is 38.0 Å². The van der Waals surface area contributed by atoms with E-state index in [4.69, 9.17) is 4.74 Å². The minimum absolute atomic E-state index is 0.0199. The molecule has 1 aliphatic rings. The zero-order chi connectivity index (χ0) is 14.8. The smallest absolute Gasteiger partial charge is 0.312 e. The standard InChI is InChI=1S/C12H16N2O5S/c1-19-12-3-2-10(8-11(12)14(15)16)13-9-4-6-20(17,18)7-5-9/h2-3,8-9,13H,4-7H2,1H3. The zero-order valence-corrected chi connectivity index (χ0v) is 11.9. The fourth-order valence-corrected chi connectivity index (χ4v) is 3.68. The van der Waals surface area contributed by atoms with Crippen molar-refractivity contribution in [1.29, 1.82) is 0 Å². The number of benzene rings is 1. The van der Waals surface area contributed by atoms with Gasteiger partial charge in [0.05, 0.1) is 23.5 Å². The predicted octanol–water partition coefficient (Wildman–Crippen LogP) is 1.59. The zero-order valence-electron chi connectivity index (χ0n) is 11.0. The molecule has 0 aliphatic carbocycles. The minimum atomic E-state index is -2.91. The average molecular weight is 300 g/mol. The third-order valence-corrected chi connectivity index (χ3v) is 5.02. The molecule has 0 aromatic heterocycles. The van der Waals surface area contributed by atoms with E-state index in [0.29, 0.717) is 18.5 Å². The number of methoxy groups -OCH3 is 1. The quantitative estimate of drug-likeness (QED) is 0.669. The summed E-state index contributed by atoms with van der Waals surface area (Å²) in [6.07, 6.45) is 1.03. The third-order valence-electron chi connectivity index (χ3n) is 3.30. The number of nitro benzene ring substituents is 1. The van der Waals surface area contributed by atoms with Crippen molar-refractivity contribution >= 4 is 21.2 Å². The van der Waals surface area contributed by atoms with Gasteiger partial charge in [-0.2, -0.15) is 0 Å². The molecule has 0 atom stereocenters. The summed E-state index contributed by atoms with van der Waals surface area (Å²) in [5, 5.41) is 14.1. The van der Waals surface area contributed by atoms with Crippen LogP contribution in [0.1, 0.15) is 12.8 Å². The largest absolute Gasteiger partial charge is 0.490 e. The van der Waals surface area contributed by atoms with Gasteiger partial charge < -0.3 is 10.1 Å². The Balaban J connectivity index is 2.11. The lowest BCUT2D eigenvalue weighted by molar-refractivity contribution is -0.385. The summed E-state index contributed by atoms with van der Waals surface area (Å²) >= 11 is 0. The first kappa shape index (κ1) is 14.6. The van der Waals surface area contributed by atoms with Crippen LogP contribution < -0.4 is 10.1 Å². The van der Waals surface area contributed by atoms with Gasteiger partial charge >= 0.3 is 5.69 Å². The van der Waals surface area contributed by atoms with Gasteiger partial charge in [0.2, 0.25) is 0 Å². The van der Waals surface area contributed by atoms with Gasteiger partial charge in [-0.1, -0.05) is 0 Å². The topological polar surface area (TPSA) is 98.5 Å². The number of rotatable bonds is 4. The maximum Gasteiger partial charge on any atom is 0.312 e. The van der Waals surface area contributed by atoms with Crippen LogP contribution in [0.25, 0.3) is 0 Å². The van der Waals surface area contributed by atoms with E-state index in [0.717, 1.165) is 0 Å². The van der Waals surface area contributed by atoms with E-state index in [1.165, 1.54) is 19.2 Å². The predicted molar refractivity (Wildman–Crippen MR) is 74.9 cm³/mol. The lowest BCUT2D eigenvalue weighted by atomic mass is 10.1. The molecular weight excluding hydrogens is 284 g/mol. The molecular formula is C12H16N2O5S. The molecule has 1 saturated heterocycles. The van der Waals surface area contributed by atoms with Gasteiger partial charge in [0.25, 0.3) is 0 Å². The SMILES string of the molecule is COc1ccc(NC2CCS(=O)(=O)CC2)cc1[N+](=O)[O-]. The van der Waals surface area contributed by atoms with Gasteiger partial charge in [0.1, 0.15) is 9.84 Å². The monoisotopic (exact) mass is 300 g/mol. The van der Waals surface area contributed by atoms with Crippen molar-refractivity contribution in [3.05, 3.63) is 28.3 Å². The molecule has 1 aromatic carbocycles. The number of nitrogens with zero attached hydrogens (tertiary/aromatic N) is 1. The van der Waals surface area contributed by atoms with Crippen molar-refractivity contribution in [1.82, 2.24) is 0 Å². The molecule has 0 radical (unpaired) electrons. The van der Waals surface area contributed by atoms with Crippen molar-refractivity contribution in [2.24, 2.45) is 0 Å². The third kappa shape index (κ3) is 3.38. The van der Waals surface area contributed by atoms with Crippen LogP contribution in [0.5, 0.6) is 5.75 Å². The second-order valence-corrected chi connectivity index (χ2v) is 7.02. The van der Waals surface area contributed by atoms with Crippen molar-refractivity contribution in [3.8, 4) is 5.75 Å². The fourth-order valence-electron chi connectivity index (χ4n) is 2.19. The Kier molecular flexibility index (Phi) is 4.12. The number of sulfone groups is 1. The molecule has 0 amide bonds. The Labute approximate surface area is 117 Å². The highest BCUT2D eigenvalue weighted by Crippen LogP contribution is 2.30. The fraction of sp³-hybridized carbons (Fsp3) is 0.500.